The number of urea groups is 1. The van der Waals surface area contributed by atoms with E-state index in [4.69, 9.17) is 14.5 Å². The van der Waals surface area contributed by atoms with Gasteiger partial charge in [-0.25, -0.2) is 24.4 Å². The molecule has 0 unspecified atom stereocenters. The number of amides is 2. The molecule has 12 heteroatoms. The lowest BCUT2D eigenvalue weighted by Crippen LogP contribution is -2.43. The van der Waals surface area contributed by atoms with Crippen molar-refractivity contribution in [2.24, 2.45) is 0 Å². The maximum Gasteiger partial charge on any atom is 0.321 e. The van der Waals surface area contributed by atoms with Crippen LogP contribution in [0.25, 0.3) is 16.8 Å². The van der Waals surface area contributed by atoms with Gasteiger partial charge in [0, 0.05) is 30.4 Å². The predicted molar refractivity (Wildman–Crippen MR) is 136 cm³/mol. The van der Waals surface area contributed by atoms with Crippen LogP contribution in [0.3, 0.4) is 0 Å². The second-order valence-corrected chi connectivity index (χ2v) is 9.26. The predicted octanol–water partition coefficient (Wildman–Crippen LogP) is 3.34. The van der Waals surface area contributed by atoms with E-state index < -0.39 is 5.60 Å². The number of aryl methyl sites for hydroxylation is 1. The third-order valence-corrected chi connectivity index (χ3v) is 6.34. The second kappa shape index (κ2) is 8.43. The van der Waals surface area contributed by atoms with Gasteiger partial charge in [-0.3, -0.25) is 4.90 Å². The van der Waals surface area contributed by atoms with E-state index in [1.165, 1.54) is 0 Å². The molecule has 5 heterocycles. The molecule has 0 spiro atoms. The standard InChI is InChI=1S/C25H25N9O3/c1-14-11-29-32-34(14)16-5-6-17-18-13-28-23(31-21(18)25(2,3)37-20(17)10-16)30-15-9-19-22(27-12-15)36-8-7-33(19)24(35)26-4/h5-6,9-13H,7-8H2,1-4H3,(H,26,35)(H,28,30,31). The molecule has 0 bridgehead atoms. The molecule has 188 valence electrons. The quantitative estimate of drug-likeness (QED) is 0.435. The van der Waals surface area contributed by atoms with Crippen LogP contribution in [-0.4, -0.2) is 56.2 Å². The second-order valence-electron chi connectivity index (χ2n) is 9.26. The van der Waals surface area contributed by atoms with Crippen molar-refractivity contribution in [3.8, 4) is 28.4 Å². The summed E-state index contributed by atoms with van der Waals surface area (Å²) >= 11 is 0. The topological polar surface area (TPSA) is 132 Å². The third-order valence-electron chi connectivity index (χ3n) is 6.34. The molecular formula is C25H25N9O3. The fourth-order valence-electron chi connectivity index (χ4n) is 4.56. The Kier molecular flexibility index (Phi) is 5.18. The number of nitrogens with one attached hydrogen (secondary N) is 2. The van der Waals surface area contributed by atoms with Gasteiger partial charge in [0.1, 0.15) is 23.6 Å². The SMILES string of the molecule is CNC(=O)N1CCOc2ncc(Nc3ncc4c(n3)C(C)(C)Oc3cc(-n5nncc5C)ccc3-4)cc21. The molecule has 12 nitrogen and oxygen atoms in total. The van der Waals surface area contributed by atoms with Crippen LogP contribution in [0.1, 0.15) is 25.2 Å². The Morgan fingerprint density at radius 2 is 1.97 bits per heavy atom. The Morgan fingerprint density at radius 3 is 2.76 bits per heavy atom. The molecule has 2 aliphatic rings. The Morgan fingerprint density at radius 1 is 1.11 bits per heavy atom. The minimum atomic E-state index is -0.713. The van der Waals surface area contributed by atoms with Crippen molar-refractivity contribution in [2.75, 3.05) is 30.4 Å². The number of carbonyl (C=O) groups is 1. The highest BCUT2D eigenvalue weighted by Gasteiger charge is 2.35. The number of nitrogens with zero attached hydrogens (tertiary/aromatic N) is 7. The zero-order chi connectivity index (χ0) is 25.7. The largest absolute Gasteiger partial charge is 0.481 e. The van der Waals surface area contributed by atoms with E-state index in [-0.39, 0.29) is 6.03 Å². The normalized spacial score (nSPS) is 15.0. The minimum absolute atomic E-state index is 0.228. The molecule has 0 radical (unpaired) electrons. The van der Waals surface area contributed by atoms with Crippen LogP contribution in [-0.2, 0) is 5.60 Å². The fourth-order valence-corrected chi connectivity index (χ4v) is 4.56. The number of hydrogen-bond donors (Lipinski definition) is 2. The van der Waals surface area contributed by atoms with E-state index >= 15 is 0 Å². The summed E-state index contributed by atoms with van der Waals surface area (Å²) in [4.78, 5) is 27.6. The van der Waals surface area contributed by atoms with E-state index in [9.17, 15) is 4.79 Å². The minimum Gasteiger partial charge on any atom is -0.481 e. The Labute approximate surface area is 212 Å². The first kappa shape index (κ1) is 22.7. The number of pyridine rings is 1. The van der Waals surface area contributed by atoms with Gasteiger partial charge >= 0.3 is 6.03 Å². The van der Waals surface area contributed by atoms with Gasteiger partial charge in [0.2, 0.25) is 11.8 Å². The molecule has 0 atom stereocenters. The molecule has 2 N–H and O–H groups in total. The highest BCUT2D eigenvalue weighted by atomic mass is 16.5. The number of aromatic nitrogens is 6. The summed E-state index contributed by atoms with van der Waals surface area (Å²) in [5.74, 6) is 1.51. The molecule has 2 amide bonds. The zero-order valence-electron chi connectivity index (χ0n) is 20.8. The molecule has 0 saturated carbocycles. The van der Waals surface area contributed by atoms with E-state index in [1.807, 2.05) is 39.0 Å². The van der Waals surface area contributed by atoms with Crippen LogP contribution in [0.2, 0.25) is 0 Å². The van der Waals surface area contributed by atoms with Crippen molar-refractivity contribution in [3.63, 3.8) is 0 Å². The third kappa shape index (κ3) is 3.86. The van der Waals surface area contributed by atoms with Gasteiger partial charge in [0.25, 0.3) is 0 Å². The number of carbonyl (C=O) groups excluding carboxylic acids is 1. The van der Waals surface area contributed by atoms with E-state index in [1.54, 1.807) is 41.3 Å². The maximum absolute atomic E-state index is 12.3. The van der Waals surface area contributed by atoms with Crippen molar-refractivity contribution in [3.05, 3.63) is 54.2 Å². The number of hydrogen-bond acceptors (Lipinski definition) is 9. The molecule has 0 aliphatic carbocycles. The summed E-state index contributed by atoms with van der Waals surface area (Å²) in [6.45, 7) is 6.69. The van der Waals surface area contributed by atoms with Crippen LogP contribution in [0, 0.1) is 6.92 Å². The Hall–Kier alpha value is -4.74. The van der Waals surface area contributed by atoms with Crippen molar-refractivity contribution in [1.82, 2.24) is 35.3 Å². The number of anilines is 3. The summed E-state index contributed by atoms with van der Waals surface area (Å²) in [6, 6.07) is 7.47. The molecule has 0 fully saturated rings. The van der Waals surface area contributed by atoms with Gasteiger partial charge in [-0.05, 0) is 39.0 Å². The Bertz CT molecular complexity index is 1530. The molecule has 3 aromatic heterocycles. The molecule has 6 rings (SSSR count). The molecular weight excluding hydrogens is 474 g/mol. The van der Waals surface area contributed by atoms with Crippen LogP contribution >= 0.6 is 0 Å². The first-order valence-electron chi connectivity index (χ1n) is 11.8. The summed E-state index contributed by atoms with van der Waals surface area (Å²) in [5.41, 5.74) is 4.82. The average molecular weight is 500 g/mol. The van der Waals surface area contributed by atoms with Crippen molar-refractivity contribution >= 4 is 23.4 Å². The summed E-state index contributed by atoms with van der Waals surface area (Å²) in [5, 5.41) is 14.0. The summed E-state index contributed by atoms with van der Waals surface area (Å²) < 4.78 is 13.8. The van der Waals surface area contributed by atoms with Gasteiger partial charge in [-0.15, -0.1) is 5.10 Å². The number of ether oxygens (including phenoxy) is 2. The highest BCUT2D eigenvalue weighted by Crippen LogP contribution is 2.45. The summed E-state index contributed by atoms with van der Waals surface area (Å²) in [6.07, 6.45) is 5.13. The van der Waals surface area contributed by atoms with Gasteiger partial charge in [0.05, 0.1) is 41.7 Å². The number of benzene rings is 1. The summed E-state index contributed by atoms with van der Waals surface area (Å²) in [7, 11) is 1.59. The van der Waals surface area contributed by atoms with Crippen LogP contribution in [0.5, 0.6) is 11.6 Å². The van der Waals surface area contributed by atoms with Crippen molar-refractivity contribution in [2.45, 2.75) is 26.4 Å². The number of rotatable bonds is 3. The lowest BCUT2D eigenvalue weighted by Gasteiger charge is -2.34. The first-order valence-corrected chi connectivity index (χ1v) is 11.8. The van der Waals surface area contributed by atoms with Crippen LogP contribution in [0.15, 0.2) is 42.9 Å². The first-order chi connectivity index (χ1) is 17.8. The molecule has 1 aromatic carbocycles. The highest BCUT2D eigenvalue weighted by molar-refractivity contribution is 5.94. The lowest BCUT2D eigenvalue weighted by atomic mass is 9.91. The average Bonchev–Trinajstić information content (AvgIpc) is 3.33. The van der Waals surface area contributed by atoms with E-state index in [0.29, 0.717) is 36.4 Å². The Balaban J connectivity index is 1.33. The van der Waals surface area contributed by atoms with Gasteiger partial charge in [0.15, 0.2) is 0 Å². The fraction of sp³-hybridized carbons (Fsp3) is 0.280. The monoisotopic (exact) mass is 499 g/mol. The van der Waals surface area contributed by atoms with Gasteiger partial charge < -0.3 is 20.1 Å². The molecule has 37 heavy (non-hydrogen) atoms. The molecule has 0 saturated heterocycles. The molecule has 4 aromatic rings. The van der Waals surface area contributed by atoms with Gasteiger partial charge in [-0.1, -0.05) is 5.21 Å². The zero-order valence-corrected chi connectivity index (χ0v) is 20.8. The van der Waals surface area contributed by atoms with Gasteiger partial charge in [-0.2, -0.15) is 0 Å². The van der Waals surface area contributed by atoms with E-state index in [2.05, 4.69) is 30.9 Å². The van der Waals surface area contributed by atoms with Crippen molar-refractivity contribution in [1.29, 1.82) is 0 Å². The maximum atomic E-state index is 12.3. The van der Waals surface area contributed by atoms with Crippen LogP contribution < -0.4 is 25.0 Å². The molecule has 2 aliphatic heterocycles. The number of fused-ring (bicyclic) bond motifs is 4. The van der Waals surface area contributed by atoms with E-state index in [0.717, 1.165) is 34.0 Å². The van der Waals surface area contributed by atoms with Crippen LogP contribution in [0.4, 0.5) is 22.1 Å². The van der Waals surface area contributed by atoms with Crippen molar-refractivity contribution < 1.29 is 14.3 Å². The lowest BCUT2D eigenvalue weighted by molar-refractivity contribution is 0.100. The smallest absolute Gasteiger partial charge is 0.321 e.